The molecule has 1 aromatic rings. The van der Waals surface area contributed by atoms with Crippen molar-refractivity contribution in [3.63, 3.8) is 0 Å². The second-order valence-corrected chi connectivity index (χ2v) is 3.56. The Morgan fingerprint density at radius 1 is 1.22 bits per heavy atom. The van der Waals surface area contributed by atoms with Gasteiger partial charge in [0.1, 0.15) is 5.82 Å². The van der Waals surface area contributed by atoms with Crippen LogP contribution in [-0.2, 0) is 11.2 Å². The minimum absolute atomic E-state index is 0.144. The lowest BCUT2D eigenvalue weighted by molar-refractivity contribution is -0.169. The fraction of sp³-hybridized carbons (Fsp3) is 0.364. The molecule has 2 nitrogen and oxygen atoms in total. The fourth-order valence-corrected chi connectivity index (χ4v) is 1.19. The average Bonchev–Trinajstić information content (AvgIpc) is 2.31. The van der Waals surface area contributed by atoms with Gasteiger partial charge in [0.2, 0.25) is 0 Å². The van der Waals surface area contributed by atoms with Crippen molar-refractivity contribution < 1.29 is 26.7 Å². The number of hydrogen-bond donors (Lipinski definition) is 1. The number of hydrogen-bond acceptors (Lipinski definition) is 1. The van der Waals surface area contributed by atoms with E-state index in [0.29, 0.717) is 5.56 Å². The number of carbonyl (C=O) groups is 1. The zero-order chi connectivity index (χ0) is 13.8. The van der Waals surface area contributed by atoms with Crippen LogP contribution in [0, 0.1) is 5.82 Å². The predicted octanol–water partition coefficient (Wildman–Crippen LogP) is 2.38. The predicted molar refractivity (Wildman–Crippen MR) is 54.1 cm³/mol. The summed E-state index contributed by atoms with van der Waals surface area (Å²) >= 11 is 0. The van der Waals surface area contributed by atoms with Crippen LogP contribution >= 0.6 is 0 Å². The molecule has 7 heteroatoms. The third-order valence-electron chi connectivity index (χ3n) is 2.19. The standard InChI is InChI=1S/C11H10F5NO/c12-8-3-1-7(2-4-8)5-6-17-10(18)11(15,16)9(13)14/h1-4,9H,5-6H2,(H,17,18). The van der Waals surface area contributed by atoms with Gasteiger partial charge in [-0.3, -0.25) is 4.79 Å². The molecule has 0 saturated carbocycles. The fourth-order valence-electron chi connectivity index (χ4n) is 1.19. The van der Waals surface area contributed by atoms with Crippen LogP contribution in [0.3, 0.4) is 0 Å². The van der Waals surface area contributed by atoms with Crippen LogP contribution in [-0.4, -0.2) is 24.8 Å². The van der Waals surface area contributed by atoms with E-state index in [4.69, 9.17) is 0 Å². The molecule has 0 fully saturated rings. The van der Waals surface area contributed by atoms with Crippen molar-refractivity contribution in [1.29, 1.82) is 0 Å². The van der Waals surface area contributed by atoms with E-state index >= 15 is 0 Å². The van der Waals surface area contributed by atoms with Crippen molar-refractivity contribution in [2.24, 2.45) is 0 Å². The zero-order valence-corrected chi connectivity index (χ0v) is 9.10. The molecule has 0 spiro atoms. The zero-order valence-electron chi connectivity index (χ0n) is 9.10. The number of alkyl halides is 4. The van der Waals surface area contributed by atoms with Crippen LogP contribution in [0.4, 0.5) is 22.0 Å². The first-order chi connectivity index (χ1) is 8.34. The highest BCUT2D eigenvalue weighted by atomic mass is 19.3. The topological polar surface area (TPSA) is 29.1 Å². The van der Waals surface area contributed by atoms with E-state index in [9.17, 15) is 26.7 Å². The molecule has 1 aromatic carbocycles. The number of halogens is 5. The number of benzene rings is 1. The SMILES string of the molecule is O=C(NCCc1ccc(F)cc1)C(F)(F)C(F)F. The molecule has 1 amide bonds. The molecule has 18 heavy (non-hydrogen) atoms. The van der Waals surface area contributed by atoms with Crippen LogP contribution in [0.25, 0.3) is 0 Å². The largest absolute Gasteiger partial charge is 0.383 e. The molecule has 1 rings (SSSR count). The molecule has 0 aliphatic rings. The molecule has 0 radical (unpaired) electrons. The van der Waals surface area contributed by atoms with Gasteiger partial charge in [-0.15, -0.1) is 0 Å². The molecular formula is C11H10F5NO. The maximum absolute atomic E-state index is 12.5. The van der Waals surface area contributed by atoms with E-state index in [-0.39, 0.29) is 13.0 Å². The first-order valence-corrected chi connectivity index (χ1v) is 5.02. The van der Waals surface area contributed by atoms with E-state index in [2.05, 4.69) is 0 Å². The second kappa shape index (κ2) is 5.79. The molecule has 1 N–H and O–H groups in total. The van der Waals surface area contributed by atoms with Gasteiger partial charge >= 0.3 is 12.3 Å². The summed E-state index contributed by atoms with van der Waals surface area (Å²) in [5.74, 6) is -7.16. The number of carbonyl (C=O) groups excluding carboxylic acids is 1. The van der Waals surface area contributed by atoms with Gasteiger partial charge in [-0.2, -0.15) is 8.78 Å². The van der Waals surface area contributed by atoms with E-state index in [1.54, 1.807) is 5.32 Å². The van der Waals surface area contributed by atoms with Crippen LogP contribution in [0.1, 0.15) is 5.56 Å². The molecule has 0 aromatic heterocycles. The quantitative estimate of drug-likeness (QED) is 0.815. The van der Waals surface area contributed by atoms with Gasteiger partial charge in [-0.05, 0) is 24.1 Å². The van der Waals surface area contributed by atoms with Gasteiger partial charge < -0.3 is 5.32 Å². The lowest BCUT2D eigenvalue weighted by Gasteiger charge is -2.14. The smallest absolute Gasteiger partial charge is 0.350 e. The highest BCUT2D eigenvalue weighted by molar-refractivity contribution is 5.83. The minimum atomic E-state index is -4.69. The summed E-state index contributed by atoms with van der Waals surface area (Å²) in [5.41, 5.74) is 0.595. The van der Waals surface area contributed by atoms with Gasteiger partial charge in [-0.25, -0.2) is 13.2 Å². The molecule has 0 saturated heterocycles. The summed E-state index contributed by atoms with van der Waals surface area (Å²) in [5, 5.41) is 1.70. The summed E-state index contributed by atoms with van der Waals surface area (Å²) in [6.45, 7) is -0.229. The maximum Gasteiger partial charge on any atom is 0.383 e. The van der Waals surface area contributed by atoms with Crippen molar-refractivity contribution >= 4 is 5.91 Å². The second-order valence-electron chi connectivity index (χ2n) is 3.56. The first kappa shape index (κ1) is 14.4. The lowest BCUT2D eigenvalue weighted by atomic mass is 10.1. The molecule has 0 unspecified atom stereocenters. The number of rotatable bonds is 5. The molecule has 0 atom stereocenters. The van der Waals surface area contributed by atoms with E-state index in [0.717, 1.165) is 0 Å². The highest BCUT2D eigenvalue weighted by Gasteiger charge is 2.48. The van der Waals surface area contributed by atoms with Crippen molar-refractivity contribution in [3.8, 4) is 0 Å². The Bertz CT molecular complexity index is 404. The number of amides is 1. The first-order valence-electron chi connectivity index (χ1n) is 5.02. The molecule has 100 valence electrons. The van der Waals surface area contributed by atoms with Crippen molar-refractivity contribution in [2.45, 2.75) is 18.8 Å². The molecular weight excluding hydrogens is 257 g/mol. The van der Waals surface area contributed by atoms with Crippen LogP contribution < -0.4 is 5.32 Å². The van der Waals surface area contributed by atoms with Crippen LogP contribution in [0.15, 0.2) is 24.3 Å². The van der Waals surface area contributed by atoms with Gasteiger partial charge in [0.05, 0.1) is 0 Å². The Morgan fingerprint density at radius 3 is 2.28 bits per heavy atom. The molecule has 0 heterocycles. The van der Waals surface area contributed by atoms with Crippen molar-refractivity contribution in [3.05, 3.63) is 35.6 Å². The summed E-state index contributed by atoms with van der Waals surface area (Å²) in [6, 6.07) is 5.16. The summed E-state index contributed by atoms with van der Waals surface area (Å²) in [7, 11) is 0. The lowest BCUT2D eigenvalue weighted by Crippen LogP contribution is -2.45. The normalized spacial score (nSPS) is 11.7. The number of nitrogens with one attached hydrogen (secondary N) is 1. The Balaban J connectivity index is 2.43. The van der Waals surface area contributed by atoms with Crippen molar-refractivity contribution in [2.75, 3.05) is 6.54 Å². The maximum atomic E-state index is 12.5. The minimum Gasteiger partial charge on any atom is -0.350 e. The summed E-state index contributed by atoms with van der Waals surface area (Å²) in [6.07, 6.45) is -3.89. The Labute approximate surface area is 99.8 Å². The average molecular weight is 267 g/mol. The van der Waals surface area contributed by atoms with Gasteiger partial charge in [0, 0.05) is 6.54 Å². The molecule has 0 bridgehead atoms. The Morgan fingerprint density at radius 2 is 1.78 bits per heavy atom. The van der Waals surface area contributed by atoms with Crippen LogP contribution in [0.5, 0.6) is 0 Å². The highest BCUT2D eigenvalue weighted by Crippen LogP contribution is 2.22. The van der Waals surface area contributed by atoms with Gasteiger partial charge in [0.25, 0.3) is 5.91 Å². The van der Waals surface area contributed by atoms with Crippen molar-refractivity contribution in [1.82, 2.24) is 5.32 Å². The Hall–Kier alpha value is -1.66. The van der Waals surface area contributed by atoms with Crippen LogP contribution in [0.2, 0.25) is 0 Å². The van der Waals surface area contributed by atoms with Gasteiger partial charge in [-0.1, -0.05) is 12.1 Å². The van der Waals surface area contributed by atoms with E-state index < -0.39 is 24.1 Å². The van der Waals surface area contributed by atoms with E-state index in [1.165, 1.54) is 24.3 Å². The summed E-state index contributed by atoms with van der Waals surface area (Å²) in [4.78, 5) is 10.7. The Kier molecular flexibility index (Phi) is 4.63. The third-order valence-corrected chi connectivity index (χ3v) is 2.19. The van der Waals surface area contributed by atoms with E-state index in [1.807, 2.05) is 0 Å². The molecule has 0 aliphatic heterocycles. The molecule has 0 aliphatic carbocycles. The third kappa shape index (κ3) is 3.68. The van der Waals surface area contributed by atoms with Gasteiger partial charge in [0.15, 0.2) is 0 Å². The monoisotopic (exact) mass is 267 g/mol. The summed E-state index contributed by atoms with van der Waals surface area (Å²) < 4.78 is 61.2.